The number of hydrogen-bond donors (Lipinski definition) is 4. The molecule has 1 saturated heterocycles. The molecule has 2 aromatic carbocycles. The summed E-state index contributed by atoms with van der Waals surface area (Å²) in [4.78, 5) is 21.8. The molecule has 1 aliphatic heterocycles. The predicted molar refractivity (Wildman–Crippen MR) is 125 cm³/mol. The number of amides is 1. The third-order valence-electron chi connectivity index (χ3n) is 4.79. The average Bonchev–Trinajstić information content (AvgIpc) is 3.15. The molecule has 1 amide bonds. The number of nitrogens with zero attached hydrogens (tertiary/aromatic N) is 1. The van der Waals surface area contributed by atoms with Crippen molar-refractivity contribution in [3.8, 4) is 0 Å². The van der Waals surface area contributed by atoms with Gasteiger partial charge in [-0.3, -0.25) is 4.79 Å². The van der Waals surface area contributed by atoms with E-state index in [1.54, 1.807) is 6.92 Å². The summed E-state index contributed by atoms with van der Waals surface area (Å²) in [6, 6.07) is 16.7. The number of nitrogens with one attached hydrogen (secondary N) is 1. The number of carbonyl (C=O) groups is 2. The average molecular weight is 453 g/mol. The zero-order valence-corrected chi connectivity index (χ0v) is 21.0. The quantitative estimate of drug-likeness (QED) is 0.311. The van der Waals surface area contributed by atoms with Gasteiger partial charge in [0.05, 0.1) is 6.04 Å². The first-order valence-electron chi connectivity index (χ1n) is 9.98. The molecule has 32 heavy (non-hydrogen) atoms. The van der Waals surface area contributed by atoms with Crippen molar-refractivity contribution in [2.45, 2.75) is 66.0 Å². The summed E-state index contributed by atoms with van der Waals surface area (Å²) in [7, 11) is 0. The smallest absolute Gasteiger partial charge is 0.488 e. The van der Waals surface area contributed by atoms with E-state index in [1.807, 2.05) is 36.8 Å². The summed E-state index contributed by atoms with van der Waals surface area (Å²) in [6.07, 6.45) is 2.90. The van der Waals surface area contributed by atoms with E-state index in [4.69, 9.17) is 10.9 Å². The van der Waals surface area contributed by atoms with Gasteiger partial charge in [0.15, 0.2) is 0 Å². The van der Waals surface area contributed by atoms with Crippen molar-refractivity contribution >= 4 is 11.7 Å². The molecule has 1 aliphatic rings. The van der Waals surface area contributed by atoms with Crippen molar-refractivity contribution in [3.63, 3.8) is 0 Å². The van der Waals surface area contributed by atoms with Crippen molar-refractivity contribution < 1.29 is 44.4 Å². The molecular weight excluding hydrogens is 415 g/mol. The van der Waals surface area contributed by atoms with Gasteiger partial charge < -0.3 is 32.5 Å². The molecule has 0 spiro atoms. The summed E-state index contributed by atoms with van der Waals surface area (Å²) >= 11 is 0. The van der Waals surface area contributed by atoms with Crippen molar-refractivity contribution in [2.75, 3.05) is 0 Å². The van der Waals surface area contributed by atoms with E-state index in [0.29, 0.717) is 12.8 Å². The molecule has 3 rings (SSSR count). The molecule has 0 radical (unpaired) electrons. The molecule has 2 unspecified atom stereocenters. The fourth-order valence-corrected chi connectivity index (χ4v) is 3.00. The summed E-state index contributed by atoms with van der Waals surface area (Å²) in [5.74, 6) is 4.40. The molecule has 2 aromatic rings. The van der Waals surface area contributed by atoms with Gasteiger partial charge in [-0.2, -0.15) is 0 Å². The maximum atomic E-state index is 11.0. The summed E-state index contributed by atoms with van der Waals surface area (Å²) in [6.45, 7) is 5.71. The van der Waals surface area contributed by atoms with Crippen LogP contribution in [0.25, 0.3) is 5.59 Å². The third kappa shape index (κ3) is 13.1. The van der Waals surface area contributed by atoms with Gasteiger partial charge >= 0.3 is 29.6 Å². The summed E-state index contributed by atoms with van der Waals surface area (Å²) < 4.78 is 0. The Bertz CT molecular complexity index is 783. The topological polar surface area (TPSA) is 133 Å². The SMILES string of the molecule is C.CC(=O)CCC(N)c1ccc(C)cc1.Cc1ccc(C2CCC(=O)N2)cc1.N[N-]O.[Na+]. The Kier molecular flexibility index (Phi) is 18.2. The van der Waals surface area contributed by atoms with E-state index >= 15 is 0 Å². The molecular formula is C24H37N4NaO3. The third-order valence-corrected chi connectivity index (χ3v) is 4.79. The fraction of sp³-hybridized carbons (Fsp3) is 0.417. The Hall–Kier alpha value is -1.58. The van der Waals surface area contributed by atoms with Crippen LogP contribution < -0.4 is 46.5 Å². The monoisotopic (exact) mass is 452 g/mol. The number of carbonyl (C=O) groups excluding carboxylic acids is 2. The van der Waals surface area contributed by atoms with Crippen LogP contribution in [-0.4, -0.2) is 16.9 Å². The fourth-order valence-electron chi connectivity index (χ4n) is 3.00. The van der Waals surface area contributed by atoms with Gasteiger partial charge in [-0.15, -0.1) is 0 Å². The van der Waals surface area contributed by atoms with Crippen LogP contribution in [0, 0.1) is 13.8 Å². The summed E-state index contributed by atoms with van der Waals surface area (Å²) in [5.41, 5.74) is 12.8. The van der Waals surface area contributed by atoms with Crippen LogP contribution in [0.4, 0.5) is 0 Å². The molecule has 0 saturated carbocycles. The number of Topliss-reactive ketones (excluding diaryl/α,β-unsaturated/α-hetero) is 1. The van der Waals surface area contributed by atoms with Crippen molar-refractivity contribution in [1.29, 1.82) is 0 Å². The first kappa shape index (κ1) is 32.6. The van der Waals surface area contributed by atoms with E-state index in [9.17, 15) is 9.59 Å². The minimum absolute atomic E-state index is 0. The normalized spacial score (nSPS) is 14.8. The molecule has 1 fully saturated rings. The molecule has 0 aromatic heterocycles. The Labute approximate surface area is 214 Å². The second kappa shape index (κ2) is 17.9. The standard InChI is InChI=1S/C12H17NO.C11H13NO.CH4.H3N2O.Na/c1-9-3-6-11(7-4-9)12(13)8-5-10(2)14;1-8-2-4-9(5-3-8)10-6-7-11(13)12-10;;1-2-3;/h3-4,6-7,12H,5,8,13H2,1-2H3;2-5,10H,6-7H2,1H3,(H,12,13);1H4;3H,1H2;/q;;;-1;+1. The second-order valence-corrected chi connectivity index (χ2v) is 7.44. The largest absolute Gasteiger partial charge is 1.00 e. The second-order valence-electron chi connectivity index (χ2n) is 7.44. The van der Waals surface area contributed by atoms with Crippen molar-refractivity contribution in [1.82, 2.24) is 5.32 Å². The van der Waals surface area contributed by atoms with E-state index in [-0.39, 0.29) is 60.8 Å². The molecule has 6 N–H and O–H groups in total. The number of hydrogen-bond acceptors (Lipinski definition) is 5. The number of ketones is 1. The van der Waals surface area contributed by atoms with Crippen LogP contribution in [0.5, 0.6) is 0 Å². The molecule has 0 aliphatic carbocycles. The maximum absolute atomic E-state index is 11.0. The number of rotatable bonds is 5. The minimum Gasteiger partial charge on any atom is -0.488 e. The van der Waals surface area contributed by atoms with Gasteiger partial charge in [-0.05, 0) is 44.7 Å². The number of aryl methyl sites for hydroxylation is 2. The first-order valence-corrected chi connectivity index (χ1v) is 9.98. The number of benzene rings is 2. The molecule has 8 heteroatoms. The molecule has 0 bridgehead atoms. The molecule has 7 nitrogen and oxygen atoms in total. The van der Waals surface area contributed by atoms with Gasteiger partial charge in [0.2, 0.25) is 5.91 Å². The maximum Gasteiger partial charge on any atom is 1.00 e. The van der Waals surface area contributed by atoms with Crippen LogP contribution in [0.2, 0.25) is 0 Å². The van der Waals surface area contributed by atoms with E-state index in [2.05, 4.69) is 42.3 Å². The Balaban J connectivity index is 0. The van der Waals surface area contributed by atoms with E-state index in [0.717, 1.165) is 18.4 Å². The zero-order valence-electron chi connectivity index (χ0n) is 19.0. The zero-order chi connectivity index (χ0) is 22.5. The van der Waals surface area contributed by atoms with Gasteiger partial charge in [-0.25, -0.2) is 0 Å². The minimum atomic E-state index is -0.0144. The van der Waals surface area contributed by atoms with Gasteiger partial charge in [-0.1, -0.05) is 67.1 Å². The van der Waals surface area contributed by atoms with Crippen molar-refractivity contribution in [3.05, 3.63) is 76.4 Å². The molecule has 2 atom stereocenters. The van der Waals surface area contributed by atoms with E-state index < -0.39 is 0 Å². The van der Waals surface area contributed by atoms with Crippen LogP contribution in [-0.2, 0) is 9.59 Å². The van der Waals surface area contributed by atoms with Crippen molar-refractivity contribution in [2.24, 2.45) is 11.6 Å². The first-order chi connectivity index (χ1) is 14.3. The van der Waals surface area contributed by atoms with Gasteiger partial charge in [0, 0.05) is 18.9 Å². The van der Waals surface area contributed by atoms with E-state index in [1.165, 1.54) is 16.7 Å². The van der Waals surface area contributed by atoms with Crippen LogP contribution in [0.15, 0.2) is 48.5 Å². The molecule has 1 heterocycles. The van der Waals surface area contributed by atoms with Crippen LogP contribution in [0.3, 0.4) is 0 Å². The predicted octanol–water partition coefficient (Wildman–Crippen LogP) is 1.57. The van der Waals surface area contributed by atoms with Crippen LogP contribution in [0.1, 0.15) is 74.4 Å². The summed E-state index contributed by atoms with van der Waals surface area (Å²) in [5, 5.41) is 9.92. The van der Waals surface area contributed by atoms with Gasteiger partial charge in [0.1, 0.15) is 5.78 Å². The van der Waals surface area contributed by atoms with Gasteiger partial charge in [0.25, 0.3) is 0 Å². The Morgan fingerprint density at radius 1 is 1.12 bits per heavy atom. The van der Waals surface area contributed by atoms with Crippen LogP contribution >= 0.6 is 0 Å². The number of nitrogens with two attached hydrogens (primary N) is 2. The Morgan fingerprint density at radius 2 is 1.59 bits per heavy atom. The Morgan fingerprint density at radius 3 is 2.00 bits per heavy atom. The molecule has 172 valence electrons.